The second-order valence-corrected chi connectivity index (χ2v) is 4.54. The summed E-state index contributed by atoms with van der Waals surface area (Å²) in [6, 6.07) is 0. The maximum absolute atomic E-state index is 9.34. The van der Waals surface area contributed by atoms with Crippen LogP contribution >= 0.6 is 0 Å². The smallest absolute Gasteiger partial charge is 0.126 e. The highest BCUT2D eigenvalue weighted by Crippen LogP contribution is 2.04. The molecule has 0 fully saturated rings. The minimum atomic E-state index is -0.690. The average molecular weight is 258 g/mol. The number of aliphatic hydroxyl groups excluding tert-OH is 3. The Morgan fingerprint density at radius 1 is 1.19 bits per heavy atom. The van der Waals surface area contributed by atoms with Crippen LogP contribution < -0.4 is 12.4 Å². The molecular formula is C10H24ClNO4. The fraction of sp³-hybridized carbons (Fsp3) is 1.00. The minimum absolute atomic E-state index is 0. The third kappa shape index (κ3) is 9.33. The SMILES string of the molecule is CC(C[N+](C)(C)CC(O)CO)OCCO.[Cl-]. The molecule has 0 saturated heterocycles. The molecule has 0 heterocycles. The summed E-state index contributed by atoms with van der Waals surface area (Å²) < 4.78 is 5.91. The van der Waals surface area contributed by atoms with Crippen LogP contribution in [0, 0.1) is 0 Å². The molecule has 5 nitrogen and oxygen atoms in total. The Morgan fingerprint density at radius 2 is 1.75 bits per heavy atom. The van der Waals surface area contributed by atoms with Crippen molar-refractivity contribution < 1.29 is 36.9 Å². The highest BCUT2D eigenvalue weighted by Gasteiger charge is 2.23. The van der Waals surface area contributed by atoms with Gasteiger partial charge in [-0.3, -0.25) is 0 Å². The van der Waals surface area contributed by atoms with Gasteiger partial charge in [0.05, 0.1) is 33.9 Å². The molecule has 6 heteroatoms. The molecule has 0 spiro atoms. The summed E-state index contributed by atoms with van der Waals surface area (Å²) in [5.74, 6) is 0. The van der Waals surface area contributed by atoms with Crippen LogP contribution in [0.2, 0.25) is 0 Å². The van der Waals surface area contributed by atoms with Gasteiger partial charge in [0.2, 0.25) is 0 Å². The van der Waals surface area contributed by atoms with Crippen molar-refractivity contribution >= 4 is 0 Å². The monoisotopic (exact) mass is 257 g/mol. The van der Waals surface area contributed by atoms with Crippen molar-refractivity contribution in [2.24, 2.45) is 0 Å². The van der Waals surface area contributed by atoms with E-state index in [9.17, 15) is 5.11 Å². The number of aliphatic hydroxyl groups is 3. The Bertz CT molecular complexity index is 169. The first-order valence-electron chi connectivity index (χ1n) is 5.24. The Balaban J connectivity index is 0. The lowest BCUT2D eigenvalue weighted by atomic mass is 10.2. The zero-order valence-corrected chi connectivity index (χ0v) is 11.0. The largest absolute Gasteiger partial charge is 1.00 e. The summed E-state index contributed by atoms with van der Waals surface area (Å²) in [7, 11) is 3.94. The normalized spacial score (nSPS) is 15.4. The van der Waals surface area contributed by atoms with E-state index in [1.54, 1.807) is 0 Å². The molecule has 3 N–H and O–H groups in total. The van der Waals surface area contributed by atoms with Crippen molar-refractivity contribution in [3.63, 3.8) is 0 Å². The predicted molar refractivity (Wildman–Crippen MR) is 57.4 cm³/mol. The fourth-order valence-electron chi connectivity index (χ4n) is 1.71. The molecule has 0 saturated carbocycles. The molecule has 2 atom stereocenters. The molecule has 0 bridgehead atoms. The van der Waals surface area contributed by atoms with E-state index in [0.29, 0.717) is 17.6 Å². The van der Waals surface area contributed by atoms with E-state index in [2.05, 4.69) is 0 Å². The third-order valence-corrected chi connectivity index (χ3v) is 2.16. The van der Waals surface area contributed by atoms with Gasteiger partial charge in [0, 0.05) is 0 Å². The lowest BCUT2D eigenvalue weighted by Gasteiger charge is -2.33. The highest BCUT2D eigenvalue weighted by molar-refractivity contribution is 4.53. The predicted octanol–water partition coefficient (Wildman–Crippen LogP) is -4.18. The van der Waals surface area contributed by atoms with Gasteiger partial charge < -0.3 is 36.9 Å². The van der Waals surface area contributed by atoms with Crippen molar-refractivity contribution in [2.75, 3.05) is 47.0 Å². The Labute approximate surface area is 104 Å². The average Bonchev–Trinajstić information content (AvgIpc) is 2.12. The van der Waals surface area contributed by atoms with Crippen LogP contribution in [0.25, 0.3) is 0 Å². The van der Waals surface area contributed by atoms with Crippen molar-refractivity contribution in [1.29, 1.82) is 0 Å². The molecule has 0 aliphatic rings. The maximum atomic E-state index is 9.34. The van der Waals surface area contributed by atoms with Gasteiger partial charge >= 0.3 is 0 Å². The van der Waals surface area contributed by atoms with Crippen LogP contribution in [0.1, 0.15) is 6.92 Å². The number of rotatable bonds is 8. The van der Waals surface area contributed by atoms with Crippen LogP contribution in [-0.2, 0) is 4.74 Å². The van der Waals surface area contributed by atoms with E-state index in [4.69, 9.17) is 14.9 Å². The zero-order valence-electron chi connectivity index (χ0n) is 10.3. The van der Waals surface area contributed by atoms with Gasteiger partial charge in [0.25, 0.3) is 0 Å². The Kier molecular flexibility index (Phi) is 10.6. The molecule has 0 aromatic rings. The molecule has 0 rings (SSSR count). The molecule has 0 aromatic heterocycles. The molecule has 100 valence electrons. The summed E-state index contributed by atoms with van der Waals surface area (Å²) in [5, 5.41) is 26.7. The Morgan fingerprint density at radius 3 is 2.19 bits per heavy atom. The number of hydrogen-bond acceptors (Lipinski definition) is 4. The van der Waals surface area contributed by atoms with Crippen LogP contribution in [0.15, 0.2) is 0 Å². The lowest BCUT2D eigenvalue weighted by molar-refractivity contribution is -0.896. The van der Waals surface area contributed by atoms with E-state index in [1.807, 2.05) is 21.0 Å². The number of likely N-dealkylation sites (N-methyl/N-ethyl adjacent to an activating group) is 1. The second kappa shape index (κ2) is 9.15. The zero-order chi connectivity index (χ0) is 11.9. The summed E-state index contributed by atoms with van der Waals surface area (Å²) in [6.07, 6.45) is -0.664. The minimum Gasteiger partial charge on any atom is -1.00 e. The molecule has 0 radical (unpaired) electrons. The summed E-state index contributed by atoms with van der Waals surface area (Å²) >= 11 is 0. The van der Waals surface area contributed by atoms with Gasteiger partial charge in [-0.2, -0.15) is 0 Å². The van der Waals surface area contributed by atoms with Gasteiger partial charge in [-0.25, -0.2) is 0 Å². The molecule has 0 aromatic carbocycles. The van der Waals surface area contributed by atoms with E-state index in [0.717, 1.165) is 6.54 Å². The Hall–Kier alpha value is 0.0900. The van der Waals surface area contributed by atoms with Crippen molar-refractivity contribution in [2.45, 2.75) is 19.1 Å². The number of nitrogens with zero attached hydrogens (tertiary/aromatic N) is 1. The third-order valence-electron chi connectivity index (χ3n) is 2.16. The quantitative estimate of drug-likeness (QED) is 0.386. The summed E-state index contributed by atoms with van der Waals surface area (Å²) in [6.45, 7) is 3.30. The van der Waals surface area contributed by atoms with Gasteiger partial charge in [0.1, 0.15) is 25.3 Å². The first-order valence-corrected chi connectivity index (χ1v) is 5.24. The van der Waals surface area contributed by atoms with E-state index in [-0.39, 0.29) is 31.7 Å². The maximum Gasteiger partial charge on any atom is 0.126 e. The lowest BCUT2D eigenvalue weighted by Crippen LogP contribution is -3.00. The van der Waals surface area contributed by atoms with Gasteiger partial charge in [-0.1, -0.05) is 0 Å². The first kappa shape index (κ1) is 18.5. The second-order valence-electron chi connectivity index (χ2n) is 4.54. The van der Waals surface area contributed by atoms with Crippen molar-refractivity contribution in [3.05, 3.63) is 0 Å². The number of halogens is 1. The van der Waals surface area contributed by atoms with Crippen LogP contribution in [-0.4, -0.2) is 79.0 Å². The number of quaternary nitrogens is 1. The van der Waals surface area contributed by atoms with Crippen molar-refractivity contribution in [3.8, 4) is 0 Å². The molecule has 0 aliphatic heterocycles. The molecule has 16 heavy (non-hydrogen) atoms. The summed E-state index contributed by atoms with van der Waals surface area (Å²) in [4.78, 5) is 0. The summed E-state index contributed by atoms with van der Waals surface area (Å²) in [5.41, 5.74) is 0. The molecular weight excluding hydrogens is 234 g/mol. The van der Waals surface area contributed by atoms with Crippen LogP contribution in [0.3, 0.4) is 0 Å². The van der Waals surface area contributed by atoms with E-state index in [1.165, 1.54) is 0 Å². The van der Waals surface area contributed by atoms with E-state index < -0.39 is 6.10 Å². The van der Waals surface area contributed by atoms with Gasteiger partial charge in [-0.05, 0) is 6.92 Å². The fourth-order valence-corrected chi connectivity index (χ4v) is 1.71. The number of hydrogen-bond donors (Lipinski definition) is 3. The van der Waals surface area contributed by atoms with E-state index >= 15 is 0 Å². The highest BCUT2D eigenvalue weighted by atomic mass is 35.5. The standard InChI is InChI=1S/C10H24NO4.ClH/c1-9(15-5-4-12)6-11(2,3)7-10(14)8-13;/h9-10,12-14H,4-8H2,1-3H3;1H/q+1;/p-1. The van der Waals surface area contributed by atoms with Crippen molar-refractivity contribution in [1.82, 2.24) is 0 Å². The van der Waals surface area contributed by atoms with Crippen LogP contribution in [0.4, 0.5) is 0 Å². The molecule has 0 aliphatic carbocycles. The van der Waals surface area contributed by atoms with Gasteiger partial charge in [-0.15, -0.1) is 0 Å². The van der Waals surface area contributed by atoms with Crippen LogP contribution in [0.5, 0.6) is 0 Å². The van der Waals surface area contributed by atoms with Gasteiger partial charge in [0.15, 0.2) is 0 Å². The molecule has 0 amide bonds. The molecule has 2 unspecified atom stereocenters. The number of ether oxygens (including phenoxy) is 1. The first-order chi connectivity index (χ1) is 6.91. The topological polar surface area (TPSA) is 69.9 Å².